The van der Waals surface area contributed by atoms with Gasteiger partial charge in [-0.15, -0.1) is 0 Å². The van der Waals surface area contributed by atoms with Crippen molar-refractivity contribution in [2.75, 3.05) is 46.1 Å². The minimum atomic E-state index is -2.30. The Hall–Kier alpha value is -7.63. The molecule has 478 valence electrons. The molecule has 3 aliphatic heterocycles. The minimum absolute atomic E-state index is 0.0330. The van der Waals surface area contributed by atoms with Gasteiger partial charge >= 0.3 is 0 Å². The van der Waals surface area contributed by atoms with Gasteiger partial charge < -0.3 is 91.8 Å². The van der Waals surface area contributed by atoms with Crippen LogP contribution in [0.15, 0.2) is 97.1 Å². The summed E-state index contributed by atoms with van der Waals surface area (Å²) in [4.78, 5) is 104. The van der Waals surface area contributed by atoms with E-state index in [0.29, 0.717) is 6.61 Å². The van der Waals surface area contributed by atoms with E-state index >= 15 is 0 Å². The first-order valence-corrected chi connectivity index (χ1v) is 29.6. The molecule has 26 nitrogen and oxygen atoms in total. The second-order valence-electron chi connectivity index (χ2n) is 22.6. The van der Waals surface area contributed by atoms with E-state index < -0.39 is 152 Å². The van der Waals surface area contributed by atoms with Crippen LogP contribution in [0.25, 0.3) is 22.3 Å². The van der Waals surface area contributed by atoms with E-state index in [1.807, 2.05) is 48.5 Å². The average Bonchev–Trinajstić information content (AvgIpc) is 2.10. The van der Waals surface area contributed by atoms with E-state index in [2.05, 4.69) is 38.8 Å². The van der Waals surface area contributed by atoms with Crippen LogP contribution in [0.5, 0.6) is 11.5 Å². The summed E-state index contributed by atoms with van der Waals surface area (Å²) in [6.07, 6.45) is -12.5. The average molecular weight is 1230 g/mol. The summed E-state index contributed by atoms with van der Waals surface area (Å²) < 4.78 is 11.2. The van der Waals surface area contributed by atoms with Crippen LogP contribution in [0.4, 0.5) is 0 Å². The van der Waals surface area contributed by atoms with Crippen molar-refractivity contribution >= 4 is 41.4 Å². The SMILES string of the molecule is CCCCCOc1ccc(-c2ccc(-c3ccc(C(=O)N[C@@H]4C[C@@H](O)C(NCCOCCO)NC(=O)C5[C@@H](O)[C@@H](C)CN5C(=O)C([C@@H](C)O)NC(=O)C([C@H](O)[C@@H](O)c5ccc(O)cc5)NC(=O)C5C[C@@H](O)CN5C(=O)C([C@@H](C)O)NC4=O)cc3)cc2)cc1. The van der Waals surface area contributed by atoms with Gasteiger partial charge in [-0.2, -0.15) is 0 Å². The molecule has 0 aliphatic carbocycles. The van der Waals surface area contributed by atoms with Crippen molar-refractivity contribution < 1.29 is 89.0 Å². The van der Waals surface area contributed by atoms with Crippen LogP contribution in [-0.4, -0.2) is 222 Å². The number of nitrogens with one attached hydrogen (secondary N) is 6. The number of hydrogen-bond donors (Lipinski definition) is 15. The lowest BCUT2D eigenvalue weighted by atomic mass is 9.96. The number of ether oxygens (including phenoxy) is 2. The second kappa shape index (κ2) is 31.5. The van der Waals surface area contributed by atoms with Crippen LogP contribution in [0.1, 0.15) is 81.8 Å². The van der Waals surface area contributed by atoms with Crippen LogP contribution in [0.2, 0.25) is 0 Å². The van der Waals surface area contributed by atoms with Crippen molar-refractivity contribution in [3.63, 3.8) is 0 Å². The number of hydrogen-bond acceptors (Lipinski definition) is 19. The summed E-state index contributed by atoms with van der Waals surface area (Å²) in [7, 11) is 0. The molecule has 4 aromatic rings. The highest BCUT2D eigenvalue weighted by molar-refractivity contribution is 6.00. The molecule has 3 fully saturated rings. The third-order valence-electron chi connectivity index (χ3n) is 15.9. The van der Waals surface area contributed by atoms with Gasteiger partial charge in [-0.25, -0.2) is 0 Å². The normalized spacial score (nSPS) is 26.5. The monoisotopic (exact) mass is 1230 g/mol. The Bertz CT molecular complexity index is 2990. The Morgan fingerprint density at radius 3 is 1.78 bits per heavy atom. The largest absolute Gasteiger partial charge is 0.508 e. The Kier molecular flexibility index (Phi) is 24.3. The van der Waals surface area contributed by atoms with Gasteiger partial charge in [0.2, 0.25) is 35.4 Å². The van der Waals surface area contributed by atoms with E-state index in [1.54, 1.807) is 12.1 Å². The highest BCUT2D eigenvalue weighted by atomic mass is 16.5. The summed E-state index contributed by atoms with van der Waals surface area (Å²) in [6, 6.07) is 15.1. The quantitative estimate of drug-likeness (QED) is 0.0456. The number of fused-ring (bicyclic) bond motifs is 2. The molecule has 7 amide bonds. The molecule has 0 bridgehead atoms. The maximum Gasteiger partial charge on any atom is 0.251 e. The summed E-state index contributed by atoms with van der Waals surface area (Å²) in [6.45, 7) is 4.88. The van der Waals surface area contributed by atoms with Gasteiger partial charge in [0.1, 0.15) is 66.1 Å². The highest BCUT2D eigenvalue weighted by Crippen LogP contribution is 2.30. The van der Waals surface area contributed by atoms with E-state index in [-0.39, 0.29) is 49.8 Å². The van der Waals surface area contributed by atoms with Crippen molar-refractivity contribution in [1.29, 1.82) is 0 Å². The van der Waals surface area contributed by atoms with Gasteiger partial charge in [-0.05, 0) is 84.5 Å². The molecule has 3 aliphatic rings. The zero-order valence-corrected chi connectivity index (χ0v) is 49.5. The van der Waals surface area contributed by atoms with Crippen LogP contribution < -0.4 is 36.6 Å². The number of amides is 7. The van der Waals surface area contributed by atoms with E-state index in [9.17, 15) is 79.5 Å². The number of phenolic OH excluding ortho intramolecular Hbond substituents is 1. The Morgan fingerprint density at radius 1 is 0.648 bits per heavy atom. The Balaban J connectivity index is 1.22. The number of benzene rings is 4. The maximum absolute atomic E-state index is 14.8. The number of aliphatic hydroxyl groups is 8. The number of aromatic hydroxyl groups is 1. The van der Waals surface area contributed by atoms with E-state index in [0.717, 1.165) is 83.0 Å². The molecule has 88 heavy (non-hydrogen) atoms. The third-order valence-corrected chi connectivity index (χ3v) is 15.9. The van der Waals surface area contributed by atoms with Gasteiger partial charge in [0.15, 0.2) is 0 Å². The second-order valence-corrected chi connectivity index (χ2v) is 22.6. The van der Waals surface area contributed by atoms with Gasteiger partial charge in [0.05, 0.1) is 56.9 Å². The molecule has 0 radical (unpaired) electrons. The lowest BCUT2D eigenvalue weighted by Gasteiger charge is -2.34. The van der Waals surface area contributed by atoms with Crippen molar-refractivity contribution in [2.24, 2.45) is 5.92 Å². The fourth-order valence-corrected chi connectivity index (χ4v) is 10.9. The zero-order chi connectivity index (χ0) is 63.9. The lowest BCUT2D eigenvalue weighted by Crippen LogP contribution is -2.64. The maximum atomic E-state index is 14.8. The third kappa shape index (κ3) is 17.2. The fourth-order valence-electron chi connectivity index (χ4n) is 10.9. The molecule has 15 atom stereocenters. The standard InChI is InChI=1S/C62H82N8O18/c1-5-6-7-26-88-44-22-18-39(19-23-44)37-10-8-36(9-11-37)38-12-14-41(15-13-38)56(80)64-45-30-47(76)55(63-24-27-87-28-25-71)68-60(84)51-52(77)33(2)31-70(51)62(86)49(35(4)73)66-59(83)50(54(79)53(78)40-16-20-42(74)21-17-40)67-58(82)46-29-43(75)32-69(46)61(85)48(34(3)72)65-57(45)81/h8-23,33-35,43,45-55,63,71-79H,5-7,24-32H2,1-4H3,(H,64,80)(H,65,81)(H,66,83)(H,67,82)(H,68,84)/t33-,34+,35+,43+,45+,46?,47+,48?,49?,50?,51?,52-,53-,54-,55?/m0/s1. The van der Waals surface area contributed by atoms with Gasteiger partial charge in [-0.1, -0.05) is 87.4 Å². The number of rotatable bonds is 20. The molecule has 4 aromatic carbocycles. The van der Waals surface area contributed by atoms with Crippen molar-refractivity contribution in [3.8, 4) is 33.8 Å². The Labute approximate surface area is 509 Å². The molecule has 15 N–H and O–H groups in total. The number of nitrogens with zero attached hydrogens (tertiary/aromatic N) is 2. The molecule has 6 unspecified atom stereocenters. The lowest BCUT2D eigenvalue weighted by molar-refractivity contribution is -0.148. The van der Waals surface area contributed by atoms with Crippen LogP contribution >= 0.6 is 0 Å². The predicted molar refractivity (Wildman–Crippen MR) is 317 cm³/mol. The number of aliphatic hydroxyl groups excluding tert-OH is 8. The summed E-state index contributed by atoms with van der Waals surface area (Å²) in [5, 5.41) is 115. The number of carbonyl (C=O) groups excluding carboxylic acids is 7. The van der Waals surface area contributed by atoms with Crippen molar-refractivity contribution in [2.45, 2.75) is 145 Å². The number of phenols is 1. The van der Waals surface area contributed by atoms with E-state index in [1.165, 1.54) is 31.2 Å². The predicted octanol–water partition coefficient (Wildman–Crippen LogP) is -1.32. The summed E-state index contributed by atoms with van der Waals surface area (Å²) in [5.41, 5.74) is 3.42. The summed E-state index contributed by atoms with van der Waals surface area (Å²) >= 11 is 0. The van der Waals surface area contributed by atoms with Crippen LogP contribution in [0.3, 0.4) is 0 Å². The minimum Gasteiger partial charge on any atom is -0.508 e. The summed E-state index contributed by atoms with van der Waals surface area (Å²) in [5.74, 6) is -8.35. The molecule has 0 aromatic heterocycles. The van der Waals surface area contributed by atoms with Crippen LogP contribution in [0, 0.1) is 5.92 Å². The van der Waals surface area contributed by atoms with Gasteiger partial charge in [0, 0.05) is 44.0 Å². The molecule has 3 saturated heterocycles. The molecule has 7 rings (SSSR count). The molecule has 26 heteroatoms. The first kappa shape index (κ1) is 67.9. The van der Waals surface area contributed by atoms with Crippen molar-refractivity contribution in [1.82, 2.24) is 41.7 Å². The molecule has 0 saturated carbocycles. The smallest absolute Gasteiger partial charge is 0.251 e. The highest BCUT2D eigenvalue weighted by Gasteiger charge is 2.50. The number of carbonyl (C=O) groups is 7. The first-order chi connectivity index (χ1) is 42.0. The molecule has 3 heterocycles. The van der Waals surface area contributed by atoms with Gasteiger partial charge in [-0.3, -0.25) is 38.9 Å². The van der Waals surface area contributed by atoms with Crippen molar-refractivity contribution in [3.05, 3.63) is 108 Å². The first-order valence-electron chi connectivity index (χ1n) is 29.6. The number of unbranched alkanes of at least 4 members (excludes halogenated alkanes) is 2. The molecule has 0 spiro atoms. The van der Waals surface area contributed by atoms with E-state index in [4.69, 9.17) is 9.47 Å². The fraction of sp³-hybridized carbons (Fsp3) is 0.500. The molecular weight excluding hydrogens is 1140 g/mol. The zero-order valence-electron chi connectivity index (χ0n) is 49.5. The van der Waals surface area contributed by atoms with Crippen LogP contribution in [-0.2, 0) is 33.5 Å². The van der Waals surface area contributed by atoms with Gasteiger partial charge in [0.25, 0.3) is 5.91 Å². The molecular formula is C62H82N8O18. The topological polar surface area (TPSA) is 399 Å². The Morgan fingerprint density at radius 2 is 1.20 bits per heavy atom.